The number of carbonyl (C=O) groups is 1. The summed E-state index contributed by atoms with van der Waals surface area (Å²) in [5, 5.41) is 0. The van der Waals surface area contributed by atoms with E-state index in [9.17, 15) is 14.3 Å². The summed E-state index contributed by atoms with van der Waals surface area (Å²) in [7, 11) is -4.27. The highest BCUT2D eigenvalue weighted by Crippen LogP contribution is 2.43. The summed E-state index contributed by atoms with van der Waals surface area (Å²) < 4.78 is 33.1. The van der Waals surface area contributed by atoms with Crippen LogP contribution in [0.2, 0.25) is 0 Å². The minimum Gasteiger partial charge on any atom is -0.492 e. The van der Waals surface area contributed by atoms with Gasteiger partial charge >= 0.3 is 13.8 Å². The number of unbranched alkanes of at least 4 members (excludes halogenated alkanes) is 19. The van der Waals surface area contributed by atoms with Crippen molar-refractivity contribution in [1.82, 2.24) is 0 Å². The molecule has 0 aliphatic rings. The number of allylic oxidation sites excluding steroid dienone is 7. The van der Waals surface area contributed by atoms with Crippen molar-refractivity contribution in [2.45, 2.75) is 180 Å². The van der Waals surface area contributed by atoms with Gasteiger partial charge in [-0.05, 0) is 83.1 Å². The van der Waals surface area contributed by atoms with E-state index in [-0.39, 0.29) is 32.3 Å². The Labute approximate surface area is 307 Å². The SMILES string of the molecule is CCCCC/C=C\C/C=C\CCCCCCCC(=O)OC[C@H](COP(=O)(O)OCCN)O/C=C\CCCCCC/C=C\CCCCCCCC. The molecule has 0 rings (SSSR count). The molecule has 0 bridgehead atoms. The largest absolute Gasteiger partial charge is 0.492 e. The van der Waals surface area contributed by atoms with Crippen LogP contribution in [-0.4, -0.2) is 43.3 Å². The van der Waals surface area contributed by atoms with Crippen LogP contribution in [0.3, 0.4) is 0 Å². The lowest BCUT2D eigenvalue weighted by Gasteiger charge is -2.19. The van der Waals surface area contributed by atoms with Gasteiger partial charge in [0.2, 0.25) is 0 Å². The van der Waals surface area contributed by atoms with Crippen LogP contribution >= 0.6 is 7.82 Å². The Kier molecular flexibility index (Phi) is 37.2. The summed E-state index contributed by atoms with van der Waals surface area (Å²) in [6, 6.07) is 0. The second kappa shape index (κ2) is 38.5. The first-order valence-corrected chi connectivity index (χ1v) is 21.7. The topological polar surface area (TPSA) is 117 Å². The number of hydrogen-bond donors (Lipinski definition) is 2. The van der Waals surface area contributed by atoms with E-state index in [2.05, 4.69) is 50.3 Å². The van der Waals surface area contributed by atoms with Crippen LogP contribution in [0.25, 0.3) is 0 Å². The molecule has 0 fully saturated rings. The van der Waals surface area contributed by atoms with E-state index in [0.717, 1.165) is 70.6 Å². The zero-order valence-corrected chi connectivity index (χ0v) is 33.0. The predicted molar refractivity (Wildman–Crippen MR) is 210 cm³/mol. The Morgan fingerprint density at radius 1 is 0.620 bits per heavy atom. The monoisotopic (exact) mass is 726 g/mol. The molecule has 3 N–H and O–H groups in total. The molecule has 0 aromatic rings. The number of esters is 1. The maximum Gasteiger partial charge on any atom is 0.472 e. The Bertz CT molecular complexity index is 905. The highest BCUT2D eigenvalue weighted by Gasteiger charge is 2.24. The first-order chi connectivity index (χ1) is 24.4. The standard InChI is InChI=1S/C41H76NO7P/c1-3-5-7-9-11-13-15-17-19-21-23-25-27-29-31-33-36-46-40(39-49-50(44,45)48-37-35-42)38-47-41(43)34-32-30-28-26-24-22-20-18-16-14-12-10-8-6-4-2/h12,14,17-20,33,36,40H,3-11,13,15-16,21-32,34-35,37-39,42H2,1-2H3,(H,44,45)/b14-12-,19-17-,20-18-,36-33-/t40-/m1/s1. The minimum absolute atomic E-state index is 0.0767. The molecule has 0 aromatic heterocycles. The fraction of sp³-hybridized carbons (Fsp3) is 0.780. The van der Waals surface area contributed by atoms with Gasteiger partial charge in [0.15, 0.2) is 6.10 Å². The maximum absolute atomic E-state index is 12.4. The average Bonchev–Trinajstić information content (AvgIpc) is 3.11. The van der Waals surface area contributed by atoms with Gasteiger partial charge < -0.3 is 20.1 Å². The van der Waals surface area contributed by atoms with Gasteiger partial charge in [0, 0.05) is 13.0 Å². The van der Waals surface area contributed by atoms with Gasteiger partial charge in [-0.1, -0.05) is 127 Å². The lowest BCUT2D eigenvalue weighted by atomic mass is 10.1. The predicted octanol–water partition coefficient (Wildman–Crippen LogP) is 12.0. The third-order valence-corrected chi connectivity index (χ3v) is 9.29. The second-order valence-electron chi connectivity index (χ2n) is 13.2. The van der Waals surface area contributed by atoms with Gasteiger partial charge in [-0.2, -0.15) is 0 Å². The molecule has 0 aliphatic heterocycles. The van der Waals surface area contributed by atoms with Crippen LogP contribution in [0.4, 0.5) is 0 Å². The van der Waals surface area contributed by atoms with E-state index in [0.29, 0.717) is 6.42 Å². The molecule has 0 spiro atoms. The summed E-state index contributed by atoms with van der Waals surface area (Å²) in [6.07, 6.45) is 45.1. The second-order valence-corrected chi connectivity index (χ2v) is 14.7. The molecular formula is C41H76NO7P. The number of phosphoric ester groups is 1. The Morgan fingerprint density at radius 2 is 1.08 bits per heavy atom. The molecule has 0 aliphatic carbocycles. The maximum atomic E-state index is 12.4. The fourth-order valence-electron chi connectivity index (χ4n) is 5.24. The summed E-state index contributed by atoms with van der Waals surface area (Å²) >= 11 is 0. The molecule has 2 atom stereocenters. The van der Waals surface area contributed by atoms with Crippen LogP contribution in [0.5, 0.6) is 0 Å². The lowest BCUT2D eigenvalue weighted by molar-refractivity contribution is -0.147. The molecule has 0 radical (unpaired) electrons. The number of hydrogen-bond acceptors (Lipinski definition) is 7. The molecule has 0 heterocycles. The van der Waals surface area contributed by atoms with Crippen molar-refractivity contribution in [3.05, 3.63) is 48.8 Å². The van der Waals surface area contributed by atoms with Gasteiger partial charge in [0.1, 0.15) is 6.61 Å². The van der Waals surface area contributed by atoms with Gasteiger partial charge in [0.05, 0.1) is 19.5 Å². The first kappa shape index (κ1) is 48.3. The molecule has 0 saturated heterocycles. The molecular weight excluding hydrogens is 649 g/mol. The van der Waals surface area contributed by atoms with Crippen molar-refractivity contribution in [3.8, 4) is 0 Å². The summed E-state index contributed by atoms with van der Waals surface area (Å²) in [4.78, 5) is 22.2. The Hall–Kier alpha value is -1.70. The summed E-state index contributed by atoms with van der Waals surface area (Å²) in [5.74, 6) is -0.308. The molecule has 50 heavy (non-hydrogen) atoms. The zero-order chi connectivity index (χ0) is 36.6. The highest BCUT2D eigenvalue weighted by atomic mass is 31.2. The lowest BCUT2D eigenvalue weighted by Crippen LogP contribution is -2.25. The van der Waals surface area contributed by atoms with Crippen LogP contribution < -0.4 is 5.73 Å². The molecule has 0 aromatic carbocycles. The van der Waals surface area contributed by atoms with Crippen molar-refractivity contribution in [2.24, 2.45) is 5.73 Å². The number of ether oxygens (including phenoxy) is 2. The molecule has 1 unspecified atom stereocenters. The summed E-state index contributed by atoms with van der Waals surface area (Å²) in [6.45, 7) is 4.15. The third-order valence-electron chi connectivity index (χ3n) is 8.31. The van der Waals surface area contributed by atoms with Gasteiger partial charge in [-0.15, -0.1) is 0 Å². The minimum atomic E-state index is -4.27. The van der Waals surface area contributed by atoms with Crippen molar-refractivity contribution < 1.29 is 32.8 Å². The number of carbonyl (C=O) groups excluding carboxylic acids is 1. The highest BCUT2D eigenvalue weighted by molar-refractivity contribution is 7.47. The summed E-state index contributed by atoms with van der Waals surface area (Å²) in [5.41, 5.74) is 5.35. The zero-order valence-electron chi connectivity index (χ0n) is 32.1. The fourth-order valence-corrected chi connectivity index (χ4v) is 6.00. The third kappa shape index (κ3) is 37.6. The van der Waals surface area contributed by atoms with Crippen LogP contribution in [0, 0.1) is 0 Å². The normalized spacial score (nSPS) is 14.0. The molecule has 0 saturated carbocycles. The van der Waals surface area contributed by atoms with E-state index in [1.54, 1.807) is 6.26 Å². The smallest absolute Gasteiger partial charge is 0.472 e. The Morgan fingerprint density at radius 3 is 1.64 bits per heavy atom. The quantitative estimate of drug-likeness (QED) is 0.0212. The molecule has 9 heteroatoms. The van der Waals surface area contributed by atoms with Gasteiger partial charge in [-0.25, -0.2) is 4.57 Å². The average molecular weight is 726 g/mol. The van der Waals surface area contributed by atoms with Gasteiger partial charge in [-0.3, -0.25) is 13.8 Å². The van der Waals surface area contributed by atoms with Crippen LogP contribution in [0.15, 0.2) is 48.8 Å². The van der Waals surface area contributed by atoms with E-state index in [1.165, 1.54) is 83.5 Å². The molecule has 8 nitrogen and oxygen atoms in total. The van der Waals surface area contributed by atoms with E-state index < -0.39 is 13.9 Å². The number of nitrogens with two attached hydrogens (primary N) is 1. The van der Waals surface area contributed by atoms with Crippen LogP contribution in [-0.2, 0) is 27.9 Å². The van der Waals surface area contributed by atoms with E-state index in [1.807, 2.05) is 6.08 Å². The van der Waals surface area contributed by atoms with Crippen molar-refractivity contribution >= 4 is 13.8 Å². The van der Waals surface area contributed by atoms with Crippen molar-refractivity contribution in [3.63, 3.8) is 0 Å². The molecule has 292 valence electrons. The molecule has 0 amide bonds. The Balaban J connectivity index is 4.17. The van der Waals surface area contributed by atoms with Crippen LogP contribution in [0.1, 0.15) is 174 Å². The van der Waals surface area contributed by atoms with E-state index in [4.69, 9.17) is 24.3 Å². The number of phosphoric acid groups is 1. The first-order valence-electron chi connectivity index (χ1n) is 20.2. The van der Waals surface area contributed by atoms with Crippen molar-refractivity contribution in [2.75, 3.05) is 26.4 Å². The van der Waals surface area contributed by atoms with E-state index >= 15 is 0 Å². The number of rotatable bonds is 38. The van der Waals surface area contributed by atoms with Gasteiger partial charge in [0.25, 0.3) is 0 Å². The van der Waals surface area contributed by atoms with Crippen molar-refractivity contribution in [1.29, 1.82) is 0 Å².